The molecule has 5 aromatic carbocycles. The van der Waals surface area contributed by atoms with Crippen LogP contribution in [0.2, 0.25) is 0 Å². The lowest BCUT2D eigenvalue weighted by Gasteiger charge is -2.41. The highest BCUT2D eigenvalue weighted by Gasteiger charge is 2.58. The Bertz CT molecular complexity index is 2870. The fourth-order valence-corrected chi connectivity index (χ4v) is 9.95. The SMILES string of the molecule is CC(C)C(=O)CC(C)C(=O)NC(Cc1ccccc1)C(=O)Cc1ccc(COC(=O)Cc2ccc3c(c2)Oc2c(cc4c5c2CCCN5CCCC4)C32OC(=O)c3c(F)c(F)c(F)c(F)c32)cc1. The number of esters is 2. The predicted molar refractivity (Wildman–Crippen MR) is 242 cm³/mol. The number of carbonyl (C=O) groups is 5. The lowest BCUT2D eigenvalue weighted by atomic mass is 9.74. The first-order chi connectivity index (χ1) is 32.6. The van der Waals surface area contributed by atoms with Crippen LogP contribution in [-0.4, -0.2) is 48.5 Å². The first-order valence-electron chi connectivity index (χ1n) is 23.1. The molecule has 0 aromatic heterocycles. The molecule has 1 N–H and O–H groups in total. The van der Waals surface area contributed by atoms with Crippen LogP contribution >= 0.6 is 0 Å². The van der Waals surface area contributed by atoms with Crippen LogP contribution in [0.15, 0.2) is 78.9 Å². The summed E-state index contributed by atoms with van der Waals surface area (Å²) in [5, 5.41) is 2.88. The average Bonchev–Trinajstić information content (AvgIpc) is 3.47. The molecule has 0 saturated carbocycles. The molecule has 0 saturated heterocycles. The Kier molecular flexibility index (Phi) is 12.7. The van der Waals surface area contributed by atoms with Crippen molar-refractivity contribution in [3.63, 3.8) is 0 Å². The zero-order valence-corrected chi connectivity index (χ0v) is 37.9. The molecule has 352 valence electrons. The maximum absolute atomic E-state index is 16.2. The van der Waals surface area contributed by atoms with Crippen LogP contribution < -0.4 is 15.0 Å². The molecule has 3 unspecified atom stereocenters. The Morgan fingerprint density at radius 3 is 2.21 bits per heavy atom. The zero-order valence-electron chi connectivity index (χ0n) is 37.9. The maximum atomic E-state index is 16.2. The molecule has 9 rings (SSSR count). The largest absolute Gasteiger partial charge is 0.461 e. The van der Waals surface area contributed by atoms with E-state index < -0.39 is 63.9 Å². The second-order valence-electron chi connectivity index (χ2n) is 18.6. The molecule has 14 heteroatoms. The molecular weight excluding hydrogens is 881 g/mol. The van der Waals surface area contributed by atoms with Crippen molar-refractivity contribution in [2.45, 2.75) is 96.8 Å². The van der Waals surface area contributed by atoms with E-state index in [4.69, 9.17) is 14.2 Å². The van der Waals surface area contributed by atoms with Gasteiger partial charge in [-0.2, -0.15) is 0 Å². The van der Waals surface area contributed by atoms with Crippen molar-refractivity contribution in [3.05, 3.63) is 158 Å². The molecular formula is C54H50F4N2O8. The zero-order chi connectivity index (χ0) is 48.0. The quantitative estimate of drug-likeness (QED) is 0.0502. The summed E-state index contributed by atoms with van der Waals surface area (Å²) in [5.41, 5.74) is 1.42. The molecule has 10 nitrogen and oxygen atoms in total. The molecule has 4 aliphatic heterocycles. The van der Waals surface area contributed by atoms with Crippen LogP contribution in [0.3, 0.4) is 0 Å². The van der Waals surface area contributed by atoms with Crippen LogP contribution in [0.1, 0.15) is 107 Å². The third kappa shape index (κ3) is 8.53. The van der Waals surface area contributed by atoms with E-state index in [1.54, 1.807) is 51.1 Å². The number of aryl methyl sites for hydroxylation is 1. The number of carbonyl (C=O) groups excluding carboxylic acids is 5. The fourth-order valence-electron chi connectivity index (χ4n) is 9.95. The minimum Gasteiger partial charge on any atom is -0.461 e. The lowest BCUT2D eigenvalue weighted by Crippen LogP contribution is -2.45. The Labute approximate surface area is 391 Å². The smallest absolute Gasteiger partial charge is 0.343 e. The van der Waals surface area contributed by atoms with E-state index in [2.05, 4.69) is 10.2 Å². The van der Waals surface area contributed by atoms with Crippen molar-refractivity contribution >= 4 is 35.1 Å². The summed E-state index contributed by atoms with van der Waals surface area (Å²) >= 11 is 0. The Morgan fingerprint density at radius 2 is 1.46 bits per heavy atom. The summed E-state index contributed by atoms with van der Waals surface area (Å²) in [6.45, 7) is 6.74. The first kappa shape index (κ1) is 46.3. The Morgan fingerprint density at radius 1 is 0.750 bits per heavy atom. The van der Waals surface area contributed by atoms with E-state index in [0.717, 1.165) is 54.7 Å². The van der Waals surface area contributed by atoms with Crippen LogP contribution in [0.25, 0.3) is 0 Å². The van der Waals surface area contributed by atoms with E-state index in [1.807, 2.05) is 30.3 Å². The lowest BCUT2D eigenvalue weighted by molar-refractivity contribution is -0.144. The van der Waals surface area contributed by atoms with E-state index >= 15 is 13.2 Å². The van der Waals surface area contributed by atoms with E-state index in [-0.39, 0.29) is 78.3 Å². The molecule has 68 heavy (non-hydrogen) atoms. The molecule has 4 aliphatic rings. The minimum absolute atomic E-state index is 0.0176. The number of amides is 1. The van der Waals surface area contributed by atoms with Crippen LogP contribution in [0, 0.1) is 35.1 Å². The Balaban J connectivity index is 0.925. The second-order valence-corrected chi connectivity index (χ2v) is 18.6. The number of nitrogens with one attached hydrogen (secondary N) is 1. The third-order valence-electron chi connectivity index (χ3n) is 13.5. The molecule has 0 bridgehead atoms. The van der Waals surface area contributed by atoms with Crippen LogP contribution in [0.5, 0.6) is 11.5 Å². The van der Waals surface area contributed by atoms with Gasteiger partial charge in [0.25, 0.3) is 0 Å². The number of Topliss-reactive ketones (excluding diaryl/α,β-unsaturated/α-hetero) is 2. The number of hydrogen-bond donors (Lipinski definition) is 1. The standard InChI is InChI=1S/C54H50F4N2O8/c1-29(2)40(61)22-30(3)52(64)59-39(23-31-10-5-4-6-11-31)41(62)24-32-14-16-33(17-15-32)28-66-43(63)26-34-18-19-37-42(25-34)67-51-36-13-9-21-60-20-8-7-12-35(50(36)60)27-38(51)54(37)45-44(53(65)68-54)46(55)48(57)49(58)47(45)56/h4-6,10-11,14-19,25,27,29-30,39H,7-9,12-13,20-24,26,28H2,1-3H3,(H,59,64). The summed E-state index contributed by atoms with van der Waals surface area (Å²) in [7, 11) is 0. The van der Waals surface area contributed by atoms with Crippen molar-refractivity contribution in [3.8, 4) is 11.5 Å². The number of nitrogens with zero attached hydrogens (tertiary/aromatic N) is 1. The summed E-state index contributed by atoms with van der Waals surface area (Å²) in [4.78, 5) is 68.4. The van der Waals surface area contributed by atoms with Gasteiger partial charge in [0, 0.05) is 60.1 Å². The molecule has 1 amide bonds. The summed E-state index contributed by atoms with van der Waals surface area (Å²) in [5.74, 6) is -10.9. The fraction of sp³-hybridized carbons (Fsp3) is 0.352. The molecule has 5 aromatic rings. The van der Waals surface area contributed by atoms with Crippen LogP contribution in [0.4, 0.5) is 23.2 Å². The topological polar surface area (TPSA) is 128 Å². The van der Waals surface area contributed by atoms with Crippen LogP contribution in [-0.2, 0) is 73.0 Å². The predicted octanol–water partition coefficient (Wildman–Crippen LogP) is 9.28. The average molecular weight is 931 g/mol. The molecule has 4 heterocycles. The highest BCUT2D eigenvalue weighted by molar-refractivity contribution is 5.98. The number of benzene rings is 5. The molecule has 0 fully saturated rings. The van der Waals surface area contributed by atoms with Crippen molar-refractivity contribution < 1.29 is 55.7 Å². The van der Waals surface area contributed by atoms with Crippen molar-refractivity contribution in [2.24, 2.45) is 11.8 Å². The molecule has 0 radical (unpaired) electrons. The minimum atomic E-state index is -2.24. The number of anilines is 1. The third-order valence-corrected chi connectivity index (χ3v) is 13.5. The maximum Gasteiger partial charge on any atom is 0.343 e. The first-order valence-corrected chi connectivity index (χ1v) is 23.1. The van der Waals surface area contributed by atoms with Gasteiger partial charge < -0.3 is 24.4 Å². The van der Waals surface area contributed by atoms with Gasteiger partial charge >= 0.3 is 11.9 Å². The second kappa shape index (κ2) is 18.7. The highest BCUT2D eigenvalue weighted by atomic mass is 19.2. The van der Waals surface area contributed by atoms with Gasteiger partial charge in [-0.15, -0.1) is 0 Å². The summed E-state index contributed by atoms with van der Waals surface area (Å²) < 4.78 is 79.8. The van der Waals surface area contributed by atoms with E-state index in [1.165, 1.54) is 18.2 Å². The summed E-state index contributed by atoms with van der Waals surface area (Å²) in [6, 6.07) is 21.7. The monoisotopic (exact) mass is 930 g/mol. The number of fused-ring (bicyclic) bond motifs is 7. The number of ether oxygens (including phenoxy) is 3. The normalized spacial score (nSPS) is 17.5. The van der Waals surface area contributed by atoms with Gasteiger partial charge in [-0.25, -0.2) is 22.4 Å². The highest BCUT2D eigenvalue weighted by Crippen LogP contribution is 2.60. The van der Waals surface area contributed by atoms with E-state index in [9.17, 15) is 28.4 Å². The number of halogens is 4. The molecule has 0 aliphatic carbocycles. The number of hydrogen-bond acceptors (Lipinski definition) is 9. The molecule has 3 atom stereocenters. The number of rotatable bonds is 14. The van der Waals surface area contributed by atoms with Gasteiger partial charge in [-0.1, -0.05) is 87.5 Å². The van der Waals surface area contributed by atoms with Crippen molar-refractivity contribution in [1.82, 2.24) is 5.32 Å². The van der Waals surface area contributed by atoms with Crippen molar-refractivity contribution in [2.75, 3.05) is 18.0 Å². The molecule has 1 spiro atoms. The van der Waals surface area contributed by atoms with Gasteiger partial charge in [-0.3, -0.25) is 19.2 Å². The van der Waals surface area contributed by atoms with Gasteiger partial charge in [0.05, 0.1) is 18.0 Å². The van der Waals surface area contributed by atoms with Gasteiger partial charge in [0.15, 0.2) is 34.7 Å². The van der Waals surface area contributed by atoms with E-state index in [0.29, 0.717) is 29.5 Å². The van der Waals surface area contributed by atoms with Gasteiger partial charge in [0.1, 0.15) is 29.5 Å². The van der Waals surface area contributed by atoms with Gasteiger partial charge in [-0.05, 0) is 78.5 Å². The Hall–Kier alpha value is -6.83. The van der Waals surface area contributed by atoms with Gasteiger partial charge in [0.2, 0.25) is 5.91 Å². The summed E-state index contributed by atoms with van der Waals surface area (Å²) in [6.07, 6.45) is 3.86. The van der Waals surface area contributed by atoms with Crippen molar-refractivity contribution in [1.29, 1.82) is 0 Å². The number of ketones is 2.